The number of rotatable bonds is 6. The highest BCUT2D eigenvalue weighted by molar-refractivity contribution is 9.10. The Bertz CT molecular complexity index is 829. The maximum atomic E-state index is 9.85. The van der Waals surface area contributed by atoms with Gasteiger partial charge in [-0.15, -0.1) is 0 Å². The number of hydrazone groups is 1. The average Bonchev–Trinajstić information content (AvgIpc) is 2.70. The van der Waals surface area contributed by atoms with Gasteiger partial charge in [0, 0.05) is 13.1 Å². The largest absolute Gasteiger partial charge is 0.503 e. The van der Waals surface area contributed by atoms with Crippen LogP contribution >= 0.6 is 15.9 Å². The second-order valence-corrected chi connectivity index (χ2v) is 6.32. The molecule has 0 unspecified atom stereocenters. The topological polar surface area (TPSA) is 114 Å². The highest BCUT2D eigenvalue weighted by Gasteiger charge is 2.16. The molecule has 0 atom stereocenters. The summed E-state index contributed by atoms with van der Waals surface area (Å²) in [5.74, 6) is 1.11. The lowest BCUT2D eigenvalue weighted by atomic mass is 10.2. The van der Waals surface area contributed by atoms with E-state index in [-0.39, 0.29) is 17.7 Å². The van der Waals surface area contributed by atoms with E-state index in [9.17, 15) is 5.11 Å². The number of nitrogens with zero attached hydrogens (tertiary/aromatic N) is 5. The minimum atomic E-state index is 0.0277. The summed E-state index contributed by atoms with van der Waals surface area (Å²) in [4.78, 5) is 14.8. The fraction of sp³-hybridized carbons (Fsp3) is 0.375. The van der Waals surface area contributed by atoms with Gasteiger partial charge in [0.15, 0.2) is 11.5 Å². The molecule has 11 heteroatoms. The van der Waals surface area contributed by atoms with Crippen LogP contribution in [0, 0.1) is 0 Å². The Balaban J connectivity index is 1.77. The monoisotopic (exact) mass is 438 g/mol. The van der Waals surface area contributed by atoms with Crippen molar-refractivity contribution in [1.82, 2.24) is 15.0 Å². The number of aromatic nitrogens is 3. The third-order valence-corrected chi connectivity index (χ3v) is 4.33. The van der Waals surface area contributed by atoms with Gasteiger partial charge in [0.25, 0.3) is 5.95 Å². The van der Waals surface area contributed by atoms with Gasteiger partial charge in [0.1, 0.15) is 0 Å². The fourth-order valence-electron chi connectivity index (χ4n) is 2.38. The Kier molecular flexibility index (Phi) is 6.24. The van der Waals surface area contributed by atoms with Gasteiger partial charge < -0.3 is 24.2 Å². The molecule has 0 spiro atoms. The second-order valence-electron chi connectivity index (χ2n) is 5.47. The van der Waals surface area contributed by atoms with Crippen molar-refractivity contribution in [2.24, 2.45) is 5.10 Å². The van der Waals surface area contributed by atoms with Crippen LogP contribution in [-0.2, 0) is 4.74 Å². The number of methoxy groups -OCH3 is 2. The zero-order chi connectivity index (χ0) is 19.2. The quantitative estimate of drug-likeness (QED) is 0.512. The molecule has 0 bridgehead atoms. The summed E-state index contributed by atoms with van der Waals surface area (Å²) in [6, 6.07) is 3.55. The van der Waals surface area contributed by atoms with Crippen LogP contribution in [0.2, 0.25) is 0 Å². The van der Waals surface area contributed by atoms with Gasteiger partial charge in [-0.05, 0) is 33.6 Å². The highest BCUT2D eigenvalue weighted by atomic mass is 79.9. The van der Waals surface area contributed by atoms with E-state index in [4.69, 9.17) is 14.2 Å². The maximum absolute atomic E-state index is 9.85. The minimum absolute atomic E-state index is 0.0277. The molecule has 1 aliphatic heterocycles. The standard InChI is InChI=1S/C16H19BrN6O4/c1-25-12-8-10(7-11(17)13(12)24)9-18-22-14-19-15(21-16(20-14)26-2)23-3-5-27-6-4-23/h7-9,24H,3-6H2,1-2H3,(H,19,20,21,22)/b18-9+. The lowest BCUT2D eigenvalue weighted by Crippen LogP contribution is -2.37. The number of benzene rings is 1. The molecule has 2 N–H and O–H groups in total. The van der Waals surface area contributed by atoms with Crippen LogP contribution in [0.1, 0.15) is 5.56 Å². The van der Waals surface area contributed by atoms with Crippen molar-refractivity contribution < 1.29 is 19.3 Å². The summed E-state index contributed by atoms with van der Waals surface area (Å²) in [6.07, 6.45) is 1.55. The average molecular weight is 439 g/mol. The predicted octanol–water partition coefficient (Wildman–Crippen LogP) is 1.64. The van der Waals surface area contributed by atoms with Crippen molar-refractivity contribution in [3.05, 3.63) is 22.2 Å². The molecule has 1 fully saturated rings. The Labute approximate surface area is 164 Å². The predicted molar refractivity (Wildman–Crippen MR) is 103 cm³/mol. The van der Waals surface area contributed by atoms with Crippen LogP contribution in [0.3, 0.4) is 0 Å². The summed E-state index contributed by atoms with van der Waals surface area (Å²) in [7, 11) is 2.97. The van der Waals surface area contributed by atoms with E-state index in [0.717, 1.165) is 0 Å². The van der Waals surface area contributed by atoms with E-state index >= 15 is 0 Å². The molecule has 2 aromatic rings. The zero-order valence-corrected chi connectivity index (χ0v) is 16.4. The van der Waals surface area contributed by atoms with Gasteiger partial charge in [-0.2, -0.15) is 20.1 Å². The number of halogens is 1. The van der Waals surface area contributed by atoms with Crippen LogP contribution < -0.4 is 19.8 Å². The molecule has 0 aliphatic carbocycles. The second kappa shape index (κ2) is 8.82. The summed E-state index contributed by atoms with van der Waals surface area (Å²) in [6.45, 7) is 2.62. The van der Waals surface area contributed by atoms with E-state index in [1.807, 2.05) is 4.90 Å². The van der Waals surface area contributed by atoms with Crippen LogP contribution in [0.5, 0.6) is 17.5 Å². The Morgan fingerprint density at radius 2 is 2.00 bits per heavy atom. The number of phenolic OH excluding ortho intramolecular Hbond substituents is 1. The molecule has 1 aromatic carbocycles. The SMILES string of the molecule is COc1nc(N/N=C/c2cc(Br)c(O)c(OC)c2)nc(N2CCOCC2)n1. The van der Waals surface area contributed by atoms with Crippen LogP contribution in [0.4, 0.5) is 11.9 Å². The first-order valence-electron chi connectivity index (χ1n) is 8.09. The molecule has 1 aromatic heterocycles. The van der Waals surface area contributed by atoms with Gasteiger partial charge in [0.2, 0.25) is 5.95 Å². The molecular weight excluding hydrogens is 420 g/mol. The van der Waals surface area contributed by atoms with Crippen molar-refractivity contribution in [2.75, 3.05) is 50.8 Å². The number of hydrogen-bond acceptors (Lipinski definition) is 10. The number of aromatic hydroxyl groups is 1. The van der Waals surface area contributed by atoms with Crippen molar-refractivity contribution in [2.45, 2.75) is 0 Å². The fourth-order valence-corrected chi connectivity index (χ4v) is 2.84. The molecule has 10 nitrogen and oxygen atoms in total. The van der Waals surface area contributed by atoms with Crippen LogP contribution in [0.25, 0.3) is 0 Å². The lowest BCUT2D eigenvalue weighted by Gasteiger charge is -2.26. The number of anilines is 2. The number of morpholine rings is 1. The molecule has 0 radical (unpaired) electrons. The summed E-state index contributed by atoms with van der Waals surface area (Å²) < 4.78 is 16.1. The summed E-state index contributed by atoms with van der Waals surface area (Å²) in [5.41, 5.74) is 3.48. The van der Waals surface area contributed by atoms with E-state index in [1.165, 1.54) is 14.2 Å². The van der Waals surface area contributed by atoms with Crippen LogP contribution in [-0.4, -0.2) is 66.8 Å². The third-order valence-electron chi connectivity index (χ3n) is 3.73. The smallest absolute Gasteiger partial charge is 0.322 e. The number of phenols is 1. The molecule has 0 saturated carbocycles. The van der Waals surface area contributed by atoms with Crippen molar-refractivity contribution in [1.29, 1.82) is 0 Å². The Morgan fingerprint density at radius 3 is 2.70 bits per heavy atom. The zero-order valence-electron chi connectivity index (χ0n) is 14.8. The highest BCUT2D eigenvalue weighted by Crippen LogP contribution is 2.34. The van der Waals surface area contributed by atoms with E-state index in [2.05, 4.69) is 41.4 Å². The number of ether oxygens (including phenoxy) is 3. The van der Waals surface area contributed by atoms with E-state index in [0.29, 0.717) is 48.0 Å². The molecule has 2 heterocycles. The first-order valence-corrected chi connectivity index (χ1v) is 8.88. The van der Waals surface area contributed by atoms with E-state index in [1.54, 1.807) is 18.3 Å². The van der Waals surface area contributed by atoms with Gasteiger partial charge in [-0.3, -0.25) is 0 Å². The Morgan fingerprint density at radius 1 is 1.22 bits per heavy atom. The lowest BCUT2D eigenvalue weighted by molar-refractivity contribution is 0.122. The first-order chi connectivity index (χ1) is 13.1. The number of hydrogen-bond donors (Lipinski definition) is 2. The molecular formula is C16H19BrN6O4. The molecule has 1 aliphatic rings. The van der Waals surface area contributed by atoms with Gasteiger partial charge in [-0.25, -0.2) is 5.43 Å². The number of nitrogens with one attached hydrogen (secondary N) is 1. The molecule has 3 rings (SSSR count). The van der Waals surface area contributed by atoms with Crippen LogP contribution in [0.15, 0.2) is 21.7 Å². The van der Waals surface area contributed by atoms with Crippen molar-refractivity contribution in [3.8, 4) is 17.5 Å². The molecule has 144 valence electrons. The maximum Gasteiger partial charge on any atom is 0.322 e. The van der Waals surface area contributed by atoms with Gasteiger partial charge >= 0.3 is 6.01 Å². The molecule has 0 amide bonds. The van der Waals surface area contributed by atoms with Gasteiger partial charge in [0.05, 0.1) is 38.1 Å². The van der Waals surface area contributed by atoms with Crippen molar-refractivity contribution >= 4 is 34.0 Å². The van der Waals surface area contributed by atoms with Crippen molar-refractivity contribution in [3.63, 3.8) is 0 Å². The first kappa shape index (κ1) is 19.1. The molecule has 1 saturated heterocycles. The third kappa shape index (κ3) is 4.74. The van der Waals surface area contributed by atoms with Gasteiger partial charge in [-0.1, -0.05) is 0 Å². The normalized spacial score (nSPS) is 14.4. The summed E-state index contributed by atoms with van der Waals surface area (Å²) in [5, 5.41) is 14.0. The Hall–Kier alpha value is -2.66. The molecule has 27 heavy (non-hydrogen) atoms. The summed E-state index contributed by atoms with van der Waals surface area (Å²) >= 11 is 3.27. The minimum Gasteiger partial charge on any atom is -0.503 e. The van der Waals surface area contributed by atoms with E-state index < -0.39 is 0 Å².